The molecule has 2 aromatic heterocycles. The molecule has 4 atom stereocenters. The molecule has 3 heterocycles. The monoisotopic (exact) mass is 438 g/mol. The Hall–Kier alpha value is -1.78. The van der Waals surface area contributed by atoms with E-state index in [1.807, 2.05) is 6.07 Å². The molecule has 0 unspecified atom stereocenters. The van der Waals surface area contributed by atoms with Crippen LogP contribution < -0.4 is 5.69 Å². The van der Waals surface area contributed by atoms with Crippen molar-refractivity contribution in [2.24, 2.45) is 0 Å². The van der Waals surface area contributed by atoms with Gasteiger partial charge in [0.1, 0.15) is 24.1 Å². The van der Waals surface area contributed by atoms with E-state index < -0.39 is 42.6 Å². The fraction of sp³-hybridized carbons (Fsp3) is 0.727. The van der Waals surface area contributed by atoms with Crippen molar-refractivity contribution < 1.29 is 28.8 Å². The van der Waals surface area contributed by atoms with E-state index in [-0.39, 0.29) is 0 Å². The standard InChI is InChI=1S/C22H34N2O7/c1-5-6-7-8-9-10-15-11-14-12-24(21(27)23-19(14)29-15)20-18(30-22(2,3)31-20)17(28-4)16(26)13-25/h11-12,16-18,20,25-26H,5-10,13H2,1-4H3/t16-,17+,18-,20+/m1/s1. The van der Waals surface area contributed by atoms with Crippen LogP contribution in [0.25, 0.3) is 11.1 Å². The average Bonchev–Trinajstić information content (AvgIpc) is 3.26. The molecule has 1 aliphatic rings. The maximum atomic E-state index is 12.8. The SMILES string of the molecule is CCCCCCCc1cc2cn([C@H]3OC(C)(C)O[C@@H]3[C@@H](OC)[C@H](O)CO)c(=O)nc2o1. The smallest absolute Gasteiger partial charge is 0.353 e. The van der Waals surface area contributed by atoms with Gasteiger partial charge in [-0.15, -0.1) is 0 Å². The third kappa shape index (κ3) is 5.53. The molecule has 9 nitrogen and oxygen atoms in total. The largest absolute Gasteiger partial charge is 0.443 e. The Morgan fingerprint density at radius 1 is 1.26 bits per heavy atom. The Balaban J connectivity index is 1.86. The lowest BCUT2D eigenvalue weighted by Crippen LogP contribution is -2.46. The molecule has 0 amide bonds. The Labute approximate surface area is 181 Å². The lowest BCUT2D eigenvalue weighted by atomic mass is 10.1. The first kappa shape index (κ1) is 23.9. The molecule has 0 saturated carbocycles. The Morgan fingerprint density at radius 3 is 2.68 bits per heavy atom. The number of hydrogen-bond donors (Lipinski definition) is 2. The van der Waals surface area contributed by atoms with Gasteiger partial charge in [0.25, 0.3) is 0 Å². The van der Waals surface area contributed by atoms with Crippen LogP contribution in [-0.4, -0.2) is 57.6 Å². The molecule has 2 N–H and O–H groups in total. The Kier molecular flexibility index (Phi) is 7.87. The zero-order valence-electron chi connectivity index (χ0n) is 18.7. The van der Waals surface area contributed by atoms with Gasteiger partial charge in [0, 0.05) is 19.7 Å². The fourth-order valence-corrected chi connectivity index (χ4v) is 4.02. The van der Waals surface area contributed by atoms with Crippen molar-refractivity contribution in [3.63, 3.8) is 0 Å². The second-order valence-electron chi connectivity index (χ2n) is 8.51. The highest BCUT2D eigenvalue weighted by molar-refractivity contribution is 5.72. The molecule has 0 radical (unpaired) electrons. The molecule has 174 valence electrons. The van der Waals surface area contributed by atoms with Gasteiger partial charge in [0.2, 0.25) is 5.71 Å². The second-order valence-corrected chi connectivity index (χ2v) is 8.51. The lowest BCUT2D eigenvalue weighted by Gasteiger charge is -2.28. The maximum Gasteiger partial charge on any atom is 0.353 e. The van der Waals surface area contributed by atoms with E-state index >= 15 is 0 Å². The summed E-state index contributed by atoms with van der Waals surface area (Å²) in [6, 6.07) is 1.89. The van der Waals surface area contributed by atoms with Crippen LogP contribution in [0.2, 0.25) is 0 Å². The molecule has 0 aliphatic carbocycles. The minimum absolute atomic E-state index is 0.290. The van der Waals surface area contributed by atoms with Crippen molar-refractivity contribution >= 4 is 11.1 Å². The highest BCUT2D eigenvalue weighted by Gasteiger charge is 2.48. The van der Waals surface area contributed by atoms with Crippen LogP contribution in [0.1, 0.15) is 64.9 Å². The van der Waals surface area contributed by atoms with Crippen LogP contribution in [0, 0.1) is 0 Å². The number of nitrogens with zero attached hydrogens (tertiary/aromatic N) is 2. The zero-order valence-corrected chi connectivity index (χ0v) is 18.7. The molecule has 3 rings (SSSR count). The zero-order chi connectivity index (χ0) is 22.6. The van der Waals surface area contributed by atoms with Gasteiger partial charge in [0.05, 0.1) is 12.0 Å². The third-order valence-corrected chi connectivity index (χ3v) is 5.56. The molecular formula is C22H34N2O7. The molecule has 0 aromatic carbocycles. The molecule has 1 saturated heterocycles. The van der Waals surface area contributed by atoms with E-state index in [9.17, 15) is 15.0 Å². The lowest BCUT2D eigenvalue weighted by molar-refractivity contribution is -0.170. The van der Waals surface area contributed by atoms with E-state index in [0.29, 0.717) is 11.1 Å². The topological polar surface area (TPSA) is 116 Å². The Morgan fingerprint density at radius 2 is 2.00 bits per heavy atom. The summed E-state index contributed by atoms with van der Waals surface area (Å²) < 4.78 is 24.4. The van der Waals surface area contributed by atoms with Crippen LogP contribution in [0.15, 0.2) is 21.5 Å². The maximum absolute atomic E-state index is 12.8. The van der Waals surface area contributed by atoms with E-state index in [0.717, 1.165) is 25.0 Å². The molecule has 2 aromatic rings. The number of furan rings is 1. The van der Waals surface area contributed by atoms with Crippen LogP contribution in [0.3, 0.4) is 0 Å². The summed E-state index contributed by atoms with van der Waals surface area (Å²) in [5.41, 5.74) is -0.265. The molecule has 1 aliphatic heterocycles. The van der Waals surface area contributed by atoms with Crippen molar-refractivity contribution in [1.82, 2.24) is 9.55 Å². The number of aliphatic hydroxyl groups is 2. The van der Waals surface area contributed by atoms with Crippen LogP contribution in [0.4, 0.5) is 0 Å². The predicted molar refractivity (Wildman–Crippen MR) is 114 cm³/mol. The van der Waals surface area contributed by atoms with Crippen molar-refractivity contribution in [3.8, 4) is 0 Å². The van der Waals surface area contributed by atoms with E-state index in [1.165, 1.54) is 30.9 Å². The van der Waals surface area contributed by atoms with Gasteiger partial charge in [-0.3, -0.25) is 4.57 Å². The van der Waals surface area contributed by atoms with Gasteiger partial charge >= 0.3 is 5.69 Å². The number of aliphatic hydroxyl groups excluding tert-OH is 2. The van der Waals surface area contributed by atoms with Gasteiger partial charge < -0.3 is 28.8 Å². The quantitative estimate of drug-likeness (QED) is 0.514. The van der Waals surface area contributed by atoms with Crippen LogP contribution in [-0.2, 0) is 20.6 Å². The summed E-state index contributed by atoms with van der Waals surface area (Å²) in [6.45, 7) is 5.10. The van der Waals surface area contributed by atoms with E-state index in [1.54, 1.807) is 20.0 Å². The van der Waals surface area contributed by atoms with E-state index in [4.69, 9.17) is 18.6 Å². The fourth-order valence-electron chi connectivity index (χ4n) is 4.02. The molecule has 0 bridgehead atoms. The molecule has 31 heavy (non-hydrogen) atoms. The van der Waals surface area contributed by atoms with Crippen molar-refractivity contribution in [3.05, 3.63) is 28.5 Å². The number of fused-ring (bicyclic) bond motifs is 1. The van der Waals surface area contributed by atoms with Gasteiger partial charge in [-0.1, -0.05) is 32.6 Å². The number of aromatic nitrogens is 2. The molecular weight excluding hydrogens is 404 g/mol. The Bertz CT molecular complexity index is 907. The summed E-state index contributed by atoms with van der Waals surface area (Å²) in [6.07, 6.45) is 4.41. The summed E-state index contributed by atoms with van der Waals surface area (Å²) in [5.74, 6) is -0.225. The number of unbranched alkanes of at least 4 members (excludes halogenated alkanes) is 4. The number of rotatable bonds is 11. The minimum Gasteiger partial charge on any atom is -0.443 e. The number of aryl methyl sites for hydroxylation is 1. The first-order valence-electron chi connectivity index (χ1n) is 11.0. The first-order valence-corrected chi connectivity index (χ1v) is 11.0. The second kappa shape index (κ2) is 10.2. The summed E-state index contributed by atoms with van der Waals surface area (Å²) >= 11 is 0. The van der Waals surface area contributed by atoms with Crippen molar-refractivity contribution in [2.75, 3.05) is 13.7 Å². The van der Waals surface area contributed by atoms with Gasteiger partial charge in [-0.25, -0.2) is 4.79 Å². The average molecular weight is 439 g/mol. The van der Waals surface area contributed by atoms with Gasteiger partial charge in [-0.2, -0.15) is 4.98 Å². The number of ether oxygens (including phenoxy) is 3. The minimum atomic E-state index is -1.20. The van der Waals surface area contributed by atoms with Crippen LogP contribution in [0.5, 0.6) is 0 Å². The molecule has 1 fully saturated rings. The van der Waals surface area contributed by atoms with E-state index in [2.05, 4.69) is 11.9 Å². The molecule has 9 heteroatoms. The molecule has 0 spiro atoms. The number of methoxy groups -OCH3 is 1. The highest BCUT2D eigenvalue weighted by atomic mass is 16.8. The first-order chi connectivity index (χ1) is 14.8. The highest BCUT2D eigenvalue weighted by Crippen LogP contribution is 2.37. The van der Waals surface area contributed by atoms with Crippen LogP contribution >= 0.6 is 0 Å². The normalized spacial score (nSPS) is 22.8. The summed E-state index contributed by atoms with van der Waals surface area (Å²) in [7, 11) is 1.41. The van der Waals surface area contributed by atoms with Crippen molar-refractivity contribution in [2.45, 2.75) is 89.6 Å². The van der Waals surface area contributed by atoms with Gasteiger partial charge in [-0.05, 0) is 26.3 Å². The summed E-state index contributed by atoms with van der Waals surface area (Å²) in [5, 5.41) is 20.2. The van der Waals surface area contributed by atoms with Crippen molar-refractivity contribution in [1.29, 1.82) is 0 Å². The number of hydrogen-bond acceptors (Lipinski definition) is 8. The predicted octanol–water partition coefficient (Wildman–Crippen LogP) is 2.52. The van der Waals surface area contributed by atoms with Gasteiger partial charge in [0.15, 0.2) is 12.0 Å². The third-order valence-electron chi connectivity index (χ3n) is 5.56. The summed E-state index contributed by atoms with van der Waals surface area (Å²) in [4.78, 5) is 16.9.